The van der Waals surface area contributed by atoms with Crippen molar-refractivity contribution in [2.75, 3.05) is 0 Å². The maximum absolute atomic E-state index is 11.1. The van der Waals surface area contributed by atoms with Crippen LogP contribution in [0.25, 0.3) is 0 Å². The van der Waals surface area contributed by atoms with Crippen LogP contribution in [0.1, 0.15) is 111 Å². The summed E-state index contributed by atoms with van der Waals surface area (Å²) in [7, 11) is 0. The maximum atomic E-state index is 11.1. The molecule has 0 aromatic rings. The molecule has 4 aliphatic carbocycles. The van der Waals surface area contributed by atoms with Gasteiger partial charge < -0.3 is 5.11 Å². The number of hydrazine groups is 1. The van der Waals surface area contributed by atoms with Crippen LogP contribution in [-0.4, -0.2) is 16.4 Å². The van der Waals surface area contributed by atoms with Gasteiger partial charge in [-0.3, -0.25) is 0 Å². The molecule has 0 unspecified atom stereocenters. The number of nitrogens with one attached hydrogen (secondary N) is 1. The van der Waals surface area contributed by atoms with Gasteiger partial charge in [-0.05, 0) is 124 Å². The van der Waals surface area contributed by atoms with Gasteiger partial charge in [0.15, 0.2) is 0 Å². The SMILES string of the molecule is C=C(C)CC(C[C@@H](C)[C@H]1CC[C@H]2[C@@H]3CC[C@H]4C[C@@](O)(CCC)CC[C@@H]4[C@H]3CC[C@]12C)=NNN. The highest BCUT2D eigenvalue weighted by Crippen LogP contribution is 2.66. The van der Waals surface area contributed by atoms with Gasteiger partial charge in [-0.1, -0.05) is 39.3 Å². The fourth-order valence-corrected chi connectivity index (χ4v) is 9.74. The first-order chi connectivity index (χ1) is 15.7. The lowest BCUT2D eigenvalue weighted by atomic mass is 9.48. The molecular weight excluding hydrogens is 406 g/mol. The molecule has 4 N–H and O–H groups in total. The smallest absolute Gasteiger partial charge is 0.0650 e. The van der Waals surface area contributed by atoms with E-state index in [0.29, 0.717) is 11.3 Å². The van der Waals surface area contributed by atoms with E-state index in [9.17, 15) is 5.11 Å². The summed E-state index contributed by atoms with van der Waals surface area (Å²) >= 11 is 0. The van der Waals surface area contributed by atoms with Gasteiger partial charge >= 0.3 is 0 Å². The molecule has 4 aliphatic rings. The second-order valence-corrected chi connectivity index (χ2v) is 13.0. The average Bonchev–Trinajstić information content (AvgIpc) is 3.10. The van der Waals surface area contributed by atoms with Gasteiger partial charge in [0.05, 0.1) is 5.60 Å². The molecule has 0 saturated heterocycles. The maximum Gasteiger partial charge on any atom is 0.0650 e. The molecular formula is C29H51N3O. The van der Waals surface area contributed by atoms with Gasteiger partial charge in [-0.25, -0.2) is 11.4 Å². The standard InChI is InChI=1S/C29H51N3O/c1-6-13-29(33)15-12-23-21(18-29)7-8-25-24(23)11-14-28(5)26(9-10-27(25)28)20(4)17-22(31-32-30)16-19(2)3/h20-21,23-27,32-33H,2,6-18,30H2,1,3-5H3/t20-,21+,23+,24-,25-,26-,27+,28-,29-/m1/s1. The quantitative estimate of drug-likeness (QED) is 0.166. The Morgan fingerprint density at radius 3 is 2.58 bits per heavy atom. The second kappa shape index (κ2) is 10.0. The molecule has 0 heterocycles. The lowest BCUT2D eigenvalue weighted by Gasteiger charge is -2.57. The summed E-state index contributed by atoms with van der Waals surface area (Å²) in [5, 5.41) is 15.5. The lowest BCUT2D eigenvalue weighted by Crippen LogP contribution is -2.51. The molecule has 0 amide bonds. The van der Waals surface area contributed by atoms with E-state index in [1.165, 1.54) is 44.9 Å². The third-order valence-electron chi connectivity index (χ3n) is 10.9. The summed E-state index contributed by atoms with van der Waals surface area (Å²) in [5.74, 6) is 11.4. The Labute approximate surface area is 203 Å². The zero-order chi connectivity index (χ0) is 23.8. The van der Waals surface area contributed by atoms with E-state index in [-0.39, 0.29) is 5.60 Å². The van der Waals surface area contributed by atoms with E-state index in [4.69, 9.17) is 5.84 Å². The zero-order valence-electron chi connectivity index (χ0n) is 21.9. The Kier molecular flexibility index (Phi) is 7.65. The first-order valence-electron chi connectivity index (χ1n) is 14.1. The van der Waals surface area contributed by atoms with Crippen LogP contribution in [0.4, 0.5) is 0 Å². The Balaban J connectivity index is 1.44. The number of allylic oxidation sites excluding steroid dienone is 1. The molecule has 4 rings (SSSR count). The molecule has 0 spiro atoms. The molecule has 4 nitrogen and oxygen atoms in total. The molecule has 0 aromatic carbocycles. The van der Waals surface area contributed by atoms with E-state index < -0.39 is 0 Å². The number of nitrogens with zero attached hydrogens (tertiary/aromatic N) is 1. The van der Waals surface area contributed by atoms with Crippen molar-refractivity contribution in [3.8, 4) is 0 Å². The van der Waals surface area contributed by atoms with E-state index in [1.54, 1.807) is 0 Å². The summed E-state index contributed by atoms with van der Waals surface area (Å²) in [6, 6.07) is 0. The van der Waals surface area contributed by atoms with Crippen LogP contribution >= 0.6 is 0 Å². The summed E-state index contributed by atoms with van der Waals surface area (Å²) < 4.78 is 0. The Morgan fingerprint density at radius 2 is 1.88 bits per heavy atom. The molecule has 4 fully saturated rings. The first kappa shape index (κ1) is 25.2. The van der Waals surface area contributed by atoms with Crippen LogP contribution in [0.15, 0.2) is 17.3 Å². The number of hydrazone groups is 1. The van der Waals surface area contributed by atoms with Crippen molar-refractivity contribution in [2.24, 2.45) is 57.8 Å². The predicted molar refractivity (Wildman–Crippen MR) is 138 cm³/mol. The number of rotatable bonds is 8. The minimum absolute atomic E-state index is 0.360. The zero-order valence-corrected chi connectivity index (χ0v) is 21.9. The largest absolute Gasteiger partial charge is 0.390 e. The van der Waals surface area contributed by atoms with Gasteiger partial charge in [-0.15, -0.1) is 0 Å². The first-order valence-corrected chi connectivity index (χ1v) is 14.1. The van der Waals surface area contributed by atoms with Crippen LogP contribution in [-0.2, 0) is 0 Å². The lowest BCUT2D eigenvalue weighted by molar-refractivity contribution is -0.110. The van der Waals surface area contributed by atoms with Crippen LogP contribution in [0.5, 0.6) is 0 Å². The molecule has 0 aromatic heterocycles. The van der Waals surface area contributed by atoms with Gasteiger partial charge in [0.2, 0.25) is 0 Å². The molecule has 0 aliphatic heterocycles. The molecule has 4 saturated carbocycles. The molecule has 188 valence electrons. The summed E-state index contributed by atoms with van der Waals surface area (Å²) in [5.41, 5.74) is 4.97. The number of hydrogen-bond acceptors (Lipinski definition) is 4. The van der Waals surface area contributed by atoms with Crippen molar-refractivity contribution >= 4 is 5.71 Å². The predicted octanol–water partition coefficient (Wildman–Crippen LogP) is 6.60. The van der Waals surface area contributed by atoms with Gasteiger partial charge in [0.1, 0.15) is 0 Å². The van der Waals surface area contributed by atoms with Crippen molar-refractivity contribution < 1.29 is 5.11 Å². The number of hydrogen-bond donors (Lipinski definition) is 3. The minimum atomic E-state index is -0.360. The van der Waals surface area contributed by atoms with Crippen molar-refractivity contribution in [1.82, 2.24) is 5.53 Å². The third kappa shape index (κ3) is 4.94. The van der Waals surface area contributed by atoms with Crippen molar-refractivity contribution in [3.05, 3.63) is 12.2 Å². The summed E-state index contributed by atoms with van der Waals surface area (Å²) in [6.45, 7) is 13.5. The third-order valence-corrected chi connectivity index (χ3v) is 10.9. The van der Waals surface area contributed by atoms with Gasteiger partial charge in [0.25, 0.3) is 0 Å². The summed E-state index contributed by atoms with van der Waals surface area (Å²) in [4.78, 5) is 0. The number of nitrogens with two attached hydrogens (primary N) is 1. The fourth-order valence-electron chi connectivity index (χ4n) is 9.74. The highest BCUT2D eigenvalue weighted by atomic mass is 16.3. The van der Waals surface area contributed by atoms with Crippen molar-refractivity contribution in [2.45, 2.75) is 117 Å². The molecule has 33 heavy (non-hydrogen) atoms. The molecule has 4 heteroatoms. The van der Waals surface area contributed by atoms with E-state index in [2.05, 4.69) is 44.9 Å². The highest BCUT2D eigenvalue weighted by molar-refractivity contribution is 5.86. The Bertz CT molecular complexity index is 734. The Hall–Kier alpha value is -0.870. The average molecular weight is 458 g/mol. The van der Waals surface area contributed by atoms with E-state index >= 15 is 0 Å². The van der Waals surface area contributed by atoms with E-state index in [0.717, 1.165) is 85.3 Å². The molecule has 9 atom stereocenters. The molecule has 0 radical (unpaired) electrons. The van der Waals surface area contributed by atoms with Crippen LogP contribution in [0.2, 0.25) is 0 Å². The van der Waals surface area contributed by atoms with Crippen molar-refractivity contribution in [1.29, 1.82) is 0 Å². The van der Waals surface area contributed by atoms with E-state index in [1.807, 2.05) is 0 Å². The molecule has 0 bridgehead atoms. The Morgan fingerprint density at radius 1 is 1.12 bits per heavy atom. The van der Waals surface area contributed by atoms with Gasteiger partial charge in [-0.2, -0.15) is 5.10 Å². The highest BCUT2D eigenvalue weighted by Gasteiger charge is 2.58. The topological polar surface area (TPSA) is 70.6 Å². The fraction of sp³-hybridized carbons (Fsp3) is 0.897. The van der Waals surface area contributed by atoms with Crippen molar-refractivity contribution in [3.63, 3.8) is 0 Å². The van der Waals surface area contributed by atoms with Crippen LogP contribution < -0.4 is 11.4 Å². The minimum Gasteiger partial charge on any atom is -0.390 e. The van der Waals surface area contributed by atoms with Crippen LogP contribution in [0.3, 0.4) is 0 Å². The number of fused-ring (bicyclic) bond motifs is 5. The monoisotopic (exact) mass is 457 g/mol. The normalized spacial score (nSPS) is 43.9. The summed E-state index contributed by atoms with van der Waals surface area (Å²) in [6.07, 6.45) is 15.8. The number of aliphatic hydroxyl groups is 1. The second-order valence-electron chi connectivity index (χ2n) is 13.0. The van der Waals surface area contributed by atoms with Crippen LogP contribution in [0, 0.1) is 46.8 Å². The van der Waals surface area contributed by atoms with Gasteiger partial charge in [0, 0.05) is 12.1 Å².